The number of nitrogens with zero attached hydrogens (tertiary/aromatic N) is 2. The Morgan fingerprint density at radius 1 is 1.42 bits per heavy atom. The minimum atomic E-state index is -0.451. The third kappa shape index (κ3) is 5.05. The highest BCUT2D eigenvalue weighted by molar-refractivity contribution is 5.85. The van der Waals surface area contributed by atoms with Gasteiger partial charge in [-0.1, -0.05) is 19.0 Å². The molecule has 6 nitrogen and oxygen atoms in total. The van der Waals surface area contributed by atoms with Crippen LogP contribution in [-0.2, 0) is 0 Å². The van der Waals surface area contributed by atoms with Gasteiger partial charge in [0.2, 0.25) is 0 Å². The van der Waals surface area contributed by atoms with E-state index in [4.69, 9.17) is 10.6 Å². The first-order chi connectivity index (χ1) is 9.04. The Bertz CT molecular complexity index is 441. The minimum absolute atomic E-state index is 0.0311. The SMILES string of the molecule is CC(C)C(CCCN)=NOc1ccc([N+](=O)[O-])cc1. The van der Waals surface area contributed by atoms with Gasteiger partial charge in [0.15, 0.2) is 5.75 Å². The quantitative estimate of drug-likeness (QED) is 0.466. The Balaban J connectivity index is 2.68. The molecule has 0 aliphatic rings. The van der Waals surface area contributed by atoms with E-state index in [1.54, 1.807) is 0 Å². The molecule has 0 unspecified atom stereocenters. The number of rotatable bonds is 7. The molecule has 0 heterocycles. The highest BCUT2D eigenvalue weighted by atomic mass is 16.6. The highest BCUT2D eigenvalue weighted by Crippen LogP contribution is 2.18. The van der Waals surface area contributed by atoms with Crippen LogP contribution in [0.2, 0.25) is 0 Å². The van der Waals surface area contributed by atoms with Crippen LogP contribution in [0.15, 0.2) is 29.4 Å². The summed E-state index contributed by atoms with van der Waals surface area (Å²) in [6.45, 7) is 4.69. The van der Waals surface area contributed by atoms with Crippen molar-refractivity contribution >= 4 is 11.4 Å². The average Bonchev–Trinajstić information content (AvgIpc) is 2.39. The van der Waals surface area contributed by atoms with Gasteiger partial charge in [0.25, 0.3) is 5.69 Å². The molecule has 0 bridgehead atoms. The summed E-state index contributed by atoms with van der Waals surface area (Å²) in [6.07, 6.45) is 1.65. The lowest BCUT2D eigenvalue weighted by Crippen LogP contribution is -2.12. The third-order valence-corrected chi connectivity index (χ3v) is 2.62. The van der Waals surface area contributed by atoms with Gasteiger partial charge in [0, 0.05) is 12.1 Å². The van der Waals surface area contributed by atoms with E-state index >= 15 is 0 Å². The number of non-ortho nitro benzene ring substituents is 1. The second-order valence-corrected chi connectivity index (χ2v) is 4.47. The zero-order valence-corrected chi connectivity index (χ0v) is 11.2. The van der Waals surface area contributed by atoms with E-state index in [0.717, 1.165) is 18.6 Å². The zero-order chi connectivity index (χ0) is 14.3. The van der Waals surface area contributed by atoms with Crippen molar-refractivity contribution in [3.63, 3.8) is 0 Å². The summed E-state index contributed by atoms with van der Waals surface area (Å²) < 4.78 is 0. The molecule has 0 aromatic heterocycles. The van der Waals surface area contributed by atoms with Crippen molar-refractivity contribution in [3.05, 3.63) is 34.4 Å². The average molecular weight is 265 g/mol. The molecular weight excluding hydrogens is 246 g/mol. The van der Waals surface area contributed by atoms with Crippen LogP contribution in [0.5, 0.6) is 5.75 Å². The number of oxime groups is 1. The normalized spacial score (nSPS) is 11.7. The van der Waals surface area contributed by atoms with Gasteiger partial charge in [0.05, 0.1) is 10.6 Å². The van der Waals surface area contributed by atoms with Crippen LogP contribution in [0.1, 0.15) is 26.7 Å². The summed E-state index contributed by atoms with van der Waals surface area (Å²) in [6, 6.07) is 5.84. The molecule has 0 saturated carbocycles. The number of nitro groups is 1. The fourth-order valence-corrected chi connectivity index (χ4v) is 1.46. The highest BCUT2D eigenvalue weighted by Gasteiger charge is 2.07. The standard InChI is InChI=1S/C13H19N3O3/c1-10(2)13(4-3-9-14)15-19-12-7-5-11(6-8-12)16(17)18/h5-8,10H,3-4,9,14H2,1-2H3. The van der Waals surface area contributed by atoms with Crippen molar-refractivity contribution in [2.24, 2.45) is 16.8 Å². The zero-order valence-electron chi connectivity index (χ0n) is 11.2. The van der Waals surface area contributed by atoms with Gasteiger partial charge in [-0.3, -0.25) is 10.1 Å². The number of nitrogens with two attached hydrogens (primary N) is 1. The Hall–Kier alpha value is -1.95. The maximum atomic E-state index is 10.5. The molecular formula is C13H19N3O3. The smallest absolute Gasteiger partial charge is 0.269 e. The maximum Gasteiger partial charge on any atom is 0.269 e. The van der Waals surface area contributed by atoms with E-state index in [2.05, 4.69) is 5.16 Å². The molecule has 0 amide bonds. The van der Waals surface area contributed by atoms with Gasteiger partial charge in [-0.05, 0) is 37.4 Å². The lowest BCUT2D eigenvalue weighted by atomic mass is 10.0. The van der Waals surface area contributed by atoms with Crippen molar-refractivity contribution < 1.29 is 9.76 Å². The molecule has 0 aliphatic carbocycles. The molecule has 0 spiro atoms. The van der Waals surface area contributed by atoms with Gasteiger partial charge in [0.1, 0.15) is 0 Å². The molecule has 104 valence electrons. The predicted molar refractivity (Wildman–Crippen MR) is 74.3 cm³/mol. The lowest BCUT2D eigenvalue weighted by molar-refractivity contribution is -0.384. The Morgan fingerprint density at radius 3 is 2.53 bits per heavy atom. The molecule has 1 aromatic carbocycles. The molecule has 0 atom stereocenters. The van der Waals surface area contributed by atoms with E-state index < -0.39 is 4.92 Å². The van der Waals surface area contributed by atoms with Crippen molar-refractivity contribution in [1.82, 2.24) is 0 Å². The van der Waals surface area contributed by atoms with Gasteiger partial charge in [-0.15, -0.1) is 0 Å². The summed E-state index contributed by atoms with van der Waals surface area (Å²) in [5.74, 6) is 0.765. The molecule has 0 aliphatic heterocycles. The fraction of sp³-hybridized carbons (Fsp3) is 0.462. The van der Waals surface area contributed by atoms with E-state index in [0.29, 0.717) is 12.3 Å². The second-order valence-electron chi connectivity index (χ2n) is 4.47. The number of benzene rings is 1. The van der Waals surface area contributed by atoms with Crippen molar-refractivity contribution in [3.8, 4) is 5.75 Å². The van der Waals surface area contributed by atoms with E-state index in [1.807, 2.05) is 13.8 Å². The van der Waals surface area contributed by atoms with Gasteiger partial charge >= 0.3 is 0 Å². The maximum absolute atomic E-state index is 10.5. The van der Waals surface area contributed by atoms with Gasteiger partial charge in [-0.2, -0.15) is 0 Å². The van der Waals surface area contributed by atoms with Crippen LogP contribution >= 0.6 is 0 Å². The fourth-order valence-electron chi connectivity index (χ4n) is 1.46. The molecule has 1 rings (SSSR count). The van der Waals surface area contributed by atoms with Crippen LogP contribution in [0, 0.1) is 16.0 Å². The Kier molecular flexibility index (Phi) is 5.95. The summed E-state index contributed by atoms with van der Waals surface area (Å²) in [4.78, 5) is 15.3. The van der Waals surface area contributed by atoms with E-state index in [9.17, 15) is 10.1 Å². The molecule has 0 saturated heterocycles. The summed E-state index contributed by atoms with van der Waals surface area (Å²) >= 11 is 0. The summed E-state index contributed by atoms with van der Waals surface area (Å²) in [7, 11) is 0. The van der Waals surface area contributed by atoms with Crippen LogP contribution in [0.3, 0.4) is 0 Å². The van der Waals surface area contributed by atoms with Crippen LogP contribution < -0.4 is 10.6 Å². The summed E-state index contributed by atoms with van der Waals surface area (Å²) in [5.41, 5.74) is 6.43. The van der Waals surface area contributed by atoms with Crippen LogP contribution in [-0.4, -0.2) is 17.2 Å². The topological polar surface area (TPSA) is 90.8 Å². The molecule has 0 radical (unpaired) electrons. The van der Waals surface area contributed by atoms with E-state index in [-0.39, 0.29) is 11.6 Å². The molecule has 6 heteroatoms. The Morgan fingerprint density at radius 2 is 2.05 bits per heavy atom. The minimum Gasteiger partial charge on any atom is -0.357 e. The molecule has 0 fully saturated rings. The van der Waals surface area contributed by atoms with Crippen LogP contribution in [0.25, 0.3) is 0 Å². The van der Waals surface area contributed by atoms with Crippen molar-refractivity contribution in [1.29, 1.82) is 0 Å². The first-order valence-electron chi connectivity index (χ1n) is 6.23. The predicted octanol–water partition coefficient (Wildman–Crippen LogP) is 2.72. The molecule has 19 heavy (non-hydrogen) atoms. The summed E-state index contributed by atoms with van der Waals surface area (Å²) in [5, 5.41) is 14.6. The second kappa shape index (κ2) is 7.48. The van der Waals surface area contributed by atoms with Gasteiger partial charge in [-0.25, -0.2) is 0 Å². The number of nitro benzene ring substituents is 1. The van der Waals surface area contributed by atoms with Gasteiger partial charge < -0.3 is 10.6 Å². The lowest BCUT2D eigenvalue weighted by Gasteiger charge is -2.09. The first-order valence-corrected chi connectivity index (χ1v) is 6.23. The monoisotopic (exact) mass is 265 g/mol. The number of hydrogen-bond acceptors (Lipinski definition) is 5. The molecule has 1 aromatic rings. The number of hydrogen-bond donors (Lipinski definition) is 1. The van der Waals surface area contributed by atoms with Crippen LogP contribution in [0.4, 0.5) is 5.69 Å². The van der Waals surface area contributed by atoms with Crippen molar-refractivity contribution in [2.75, 3.05) is 6.54 Å². The first kappa shape index (κ1) is 15.1. The molecule has 2 N–H and O–H groups in total. The Labute approximate surface area is 112 Å². The third-order valence-electron chi connectivity index (χ3n) is 2.62. The van der Waals surface area contributed by atoms with E-state index in [1.165, 1.54) is 24.3 Å². The largest absolute Gasteiger partial charge is 0.357 e. The van der Waals surface area contributed by atoms with Crippen molar-refractivity contribution in [2.45, 2.75) is 26.7 Å².